The quantitative estimate of drug-likeness (QED) is 0.581. The van der Waals surface area contributed by atoms with Crippen molar-refractivity contribution in [1.29, 1.82) is 0 Å². The summed E-state index contributed by atoms with van der Waals surface area (Å²) < 4.78 is 5.72. The number of ether oxygens (including phenoxy) is 1. The molecule has 134 valence electrons. The predicted octanol–water partition coefficient (Wildman–Crippen LogP) is 4.10. The van der Waals surface area contributed by atoms with Gasteiger partial charge in [-0.2, -0.15) is 0 Å². The largest absolute Gasteiger partial charge is 0.462 e. The Hall–Kier alpha value is -0.830. The molecule has 0 radical (unpaired) electrons. The van der Waals surface area contributed by atoms with E-state index in [-0.39, 0.29) is 29.0 Å². The lowest BCUT2D eigenvalue weighted by molar-refractivity contribution is -0.165. The molecule has 0 aromatic carbocycles. The summed E-state index contributed by atoms with van der Waals surface area (Å²) in [4.78, 5) is 11.5. The maximum Gasteiger partial charge on any atom is 0.302 e. The highest BCUT2D eigenvalue weighted by molar-refractivity contribution is 5.66. The Morgan fingerprint density at radius 3 is 2.67 bits per heavy atom. The van der Waals surface area contributed by atoms with Crippen molar-refractivity contribution in [3.63, 3.8) is 0 Å². The number of carbonyl (C=O) groups is 1. The average molecular weight is 332 g/mol. The number of aliphatic hydroxyl groups is 1. The summed E-state index contributed by atoms with van der Waals surface area (Å²) in [7, 11) is 0. The molecular formula is C21H32O3. The molecule has 3 saturated carbocycles. The first-order valence-corrected chi connectivity index (χ1v) is 9.89. The summed E-state index contributed by atoms with van der Waals surface area (Å²) in [6.45, 7) is 6.25. The van der Waals surface area contributed by atoms with E-state index in [0.29, 0.717) is 23.7 Å². The zero-order valence-corrected chi connectivity index (χ0v) is 15.3. The van der Waals surface area contributed by atoms with E-state index in [2.05, 4.69) is 19.9 Å². The molecule has 0 unspecified atom stereocenters. The van der Waals surface area contributed by atoms with Crippen LogP contribution in [0.25, 0.3) is 0 Å². The van der Waals surface area contributed by atoms with E-state index in [4.69, 9.17) is 4.74 Å². The van der Waals surface area contributed by atoms with Gasteiger partial charge in [-0.1, -0.05) is 26.0 Å². The first-order valence-electron chi connectivity index (χ1n) is 9.89. The molecule has 0 spiro atoms. The Kier molecular flexibility index (Phi) is 3.87. The Morgan fingerprint density at radius 1 is 1.12 bits per heavy atom. The highest BCUT2D eigenvalue weighted by Crippen LogP contribution is 2.66. The molecule has 3 heteroatoms. The average Bonchev–Trinajstić information content (AvgIpc) is 2.85. The molecule has 0 amide bonds. The van der Waals surface area contributed by atoms with E-state index in [9.17, 15) is 9.90 Å². The Bertz CT molecular complexity index is 555. The Labute approximate surface area is 145 Å². The molecular weight excluding hydrogens is 300 g/mol. The van der Waals surface area contributed by atoms with Gasteiger partial charge in [0.25, 0.3) is 0 Å². The molecule has 8 atom stereocenters. The number of aliphatic hydroxyl groups excluding tert-OH is 1. The minimum absolute atomic E-state index is 0.0402. The van der Waals surface area contributed by atoms with Crippen LogP contribution >= 0.6 is 0 Å². The van der Waals surface area contributed by atoms with Gasteiger partial charge in [0.1, 0.15) is 6.10 Å². The van der Waals surface area contributed by atoms with E-state index in [1.807, 2.05) is 6.08 Å². The Morgan fingerprint density at radius 2 is 1.92 bits per heavy atom. The van der Waals surface area contributed by atoms with Crippen LogP contribution in [0.2, 0.25) is 0 Å². The van der Waals surface area contributed by atoms with Gasteiger partial charge in [-0.05, 0) is 68.6 Å². The molecule has 3 nitrogen and oxygen atoms in total. The minimum Gasteiger partial charge on any atom is -0.462 e. The first kappa shape index (κ1) is 16.6. The fourth-order valence-electron chi connectivity index (χ4n) is 7.23. The van der Waals surface area contributed by atoms with Crippen molar-refractivity contribution in [2.24, 2.45) is 34.5 Å². The summed E-state index contributed by atoms with van der Waals surface area (Å²) in [5, 5.41) is 10.8. The fraction of sp³-hybridized carbons (Fsp3) is 0.857. The van der Waals surface area contributed by atoms with Gasteiger partial charge in [-0.25, -0.2) is 0 Å². The van der Waals surface area contributed by atoms with E-state index >= 15 is 0 Å². The standard InChI is InChI=1S/C21H32O3/c1-13(22)24-19-10-9-16-15-8-7-14-5-4-6-18(23)21(14,3)17(15)11-12-20(16,19)2/h4,6,14-19,23H,5,7-12H2,1-3H3/t14-,15+,16+,17+,18+,19+,20+,21+/m1/s1. The van der Waals surface area contributed by atoms with Crippen LogP contribution in [-0.4, -0.2) is 23.3 Å². The fourth-order valence-corrected chi connectivity index (χ4v) is 7.23. The van der Waals surface area contributed by atoms with Gasteiger partial charge in [-0.3, -0.25) is 4.79 Å². The van der Waals surface area contributed by atoms with Crippen molar-refractivity contribution in [3.05, 3.63) is 12.2 Å². The van der Waals surface area contributed by atoms with Crippen molar-refractivity contribution >= 4 is 5.97 Å². The molecule has 0 aromatic heterocycles. The molecule has 3 fully saturated rings. The van der Waals surface area contributed by atoms with Crippen molar-refractivity contribution in [2.45, 2.75) is 77.9 Å². The van der Waals surface area contributed by atoms with Crippen LogP contribution in [0.3, 0.4) is 0 Å². The molecule has 0 aromatic rings. The molecule has 0 bridgehead atoms. The minimum atomic E-state index is -0.293. The van der Waals surface area contributed by atoms with Gasteiger partial charge in [0, 0.05) is 17.8 Å². The van der Waals surface area contributed by atoms with Crippen LogP contribution in [0, 0.1) is 34.5 Å². The van der Waals surface area contributed by atoms with Crippen LogP contribution in [0.5, 0.6) is 0 Å². The number of carbonyl (C=O) groups excluding carboxylic acids is 1. The first-order chi connectivity index (χ1) is 11.4. The van der Waals surface area contributed by atoms with Crippen molar-refractivity contribution < 1.29 is 14.6 Å². The second kappa shape index (κ2) is 5.59. The van der Waals surface area contributed by atoms with Crippen molar-refractivity contribution in [2.75, 3.05) is 0 Å². The molecule has 0 aliphatic heterocycles. The van der Waals surface area contributed by atoms with Crippen molar-refractivity contribution in [3.8, 4) is 0 Å². The molecule has 0 saturated heterocycles. The SMILES string of the molecule is CC(=O)O[C@H]1CC[C@H]2[C@@H]3CC[C@H]4CC=C[C@H](O)[C@]4(C)[C@H]3CC[C@]12C. The molecule has 4 aliphatic carbocycles. The second-order valence-corrected chi connectivity index (χ2v) is 9.35. The van der Waals surface area contributed by atoms with E-state index < -0.39 is 0 Å². The van der Waals surface area contributed by atoms with Crippen LogP contribution < -0.4 is 0 Å². The normalized spacial score (nSPS) is 53.0. The second-order valence-electron chi connectivity index (χ2n) is 9.35. The number of hydrogen-bond acceptors (Lipinski definition) is 3. The summed E-state index contributed by atoms with van der Waals surface area (Å²) >= 11 is 0. The van der Waals surface area contributed by atoms with Gasteiger partial charge < -0.3 is 9.84 Å². The summed E-state index contributed by atoms with van der Waals surface area (Å²) in [6, 6.07) is 0. The molecule has 4 rings (SSSR count). The van der Waals surface area contributed by atoms with Gasteiger partial charge in [0.05, 0.1) is 6.10 Å². The van der Waals surface area contributed by atoms with Crippen LogP contribution in [0.15, 0.2) is 12.2 Å². The van der Waals surface area contributed by atoms with Crippen molar-refractivity contribution in [1.82, 2.24) is 0 Å². The molecule has 1 N–H and O–H groups in total. The summed E-state index contributed by atoms with van der Waals surface area (Å²) in [5.41, 5.74) is 0.185. The zero-order chi connectivity index (χ0) is 17.1. The lowest BCUT2D eigenvalue weighted by atomic mass is 9.45. The van der Waals surface area contributed by atoms with Gasteiger partial charge in [0.15, 0.2) is 0 Å². The number of esters is 1. The Balaban J connectivity index is 1.63. The van der Waals surface area contributed by atoms with Gasteiger partial charge in [-0.15, -0.1) is 0 Å². The van der Waals surface area contributed by atoms with E-state index in [1.165, 1.54) is 25.7 Å². The maximum atomic E-state index is 11.5. The third-order valence-corrected chi connectivity index (χ3v) is 8.56. The number of rotatable bonds is 1. The smallest absolute Gasteiger partial charge is 0.302 e. The third-order valence-electron chi connectivity index (χ3n) is 8.56. The third kappa shape index (κ3) is 2.16. The van der Waals surface area contributed by atoms with Crippen LogP contribution in [0.4, 0.5) is 0 Å². The number of hydrogen-bond donors (Lipinski definition) is 1. The summed E-state index contributed by atoms with van der Waals surface area (Å²) in [5.74, 6) is 2.45. The zero-order valence-electron chi connectivity index (χ0n) is 15.3. The maximum absolute atomic E-state index is 11.5. The highest BCUT2D eigenvalue weighted by Gasteiger charge is 2.61. The topological polar surface area (TPSA) is 46.5 Å². The van der Waals surface area contributed by atoms with Gasteiger partial charge in [0.2, 0.25) is 0 Å². The lowest BCUT2D eigenvalue weighted by Gasteiger charge is -2.60. The van der Waals surface area contributed by atoms with E-state index in [1.54, 1.807) is 6.92 Å². The van der Waals surface area contributed by atoms with Gasteiger partial charge >= 0.3 is 5.97 Å². The molecule has 24 heavy (non-hydrogen) atoms. The van der Waals surface area contributed by atoms with Crippen LogP contribution in [-0.2, 0) is 9.53 Å². The number of fused-ring (bicyclic) bond motifs is 5. The molecule has 0 heterocycles. The lowest BCUT2D eigenvalue weighted by Crippen LogP contribution is -2.57. The summed E-state index contributed by atoms with van der Waals surface area (Å²) in [6.07, 6.45) is 12.2. The van der Waals surface area contributed by atoms with E-state index in [0.717, 1.165) is 19.3 Å². The predicted molar refractivity (Wildman–Crippen MR) is 93.2 cm³/mol. The number of allylic oxidation sites excluding steroid dienone is 1. The highest BCUT2D eigenvalue weighted by atomic mass is 16.5. The monoisotopic (exact) mass is 332 g/mol. The van der Waals surface area contributed by atoms with Crippen LogP contribution in [0.1, 0.15) is 65.7 Å². The molecule has 4 aliphatic rings.